The van der Waals surface area contributed by atoms with Gasteiger partial charge in [-0.3, -0.25) is 0 Å². The van der Waals surface area contributed by atoms with Crippen molar-refractivity contribution < 1.29 is 20.1 Å². The molecule has 5 atom stereocenters. The topological polar surface area (TPSA) is 119 Å². The van der Waals surface area contributed by atoms with Gasteiger partial charge in [0.05, 0.1) is 31.0 Å². The average Bonchev–Trinajstić information content (AvgIpc) is 2.25. The predicted molar refractivity (Wildman–Crippen MR) is 51.0 cm³/mol. The summed E-state index contributed by atoms with van der Waals surface area (Å²) in [6, 6.07) is -0.967. The van der Waals surface area contributed by atoms with Gasteiger partial charge < -0.3 is 20.1 Å². The van der Waals surface area contributed by atoms with Crippen LogP contribution in [0.5, 0.6) is 0 Å². The Kier molecular flexibility index (Phi) is 4.31. The van der Waals surface area contributed by atoms with E-state index in [1.807, 2.05) is 0 Å². The molecule has 3 N–H and O–H groups in total. The molecule has 7 nitrogen and oxygen atoms in total. The van der Waals surface area contributed by atoms with Gasteiger partial charge in [0, 0.05) is 4.91 Å². The summed E-state index contributed by atoms with van der Waals surface area (Å²) in [5.74, 6) is 0. The Morgan fingerprint density at radius 3 is 2.40 bits per heavy atom. The summed E-state index contributed by atoms with van der Waals surface area (Å²) in [7, 11) is 0. The van der Waals surface area contributed by atoms with Gasteiger partial charge in [0.2, 0.25) is 0 Å². The molecular weight excluding hydrogens is 202 g/mol. The van der Waals surface area contributed by atoms with Crippen LogP contribution in [0.15, 0.2) is 5.11 Å². The van der Waals surface area contributed by atoms with Gasteiger partial charge in [0.25, 0.3) is 0 Å². The third kappa shape index (κ3) is 2.39. The lowest BCUT2D eigenvalue weighted by Gasteiger charge is -2.40. The van der Waals surface area contributed by atoms with E-state index < -0.39 is 30.5 Å². The number of hydrogen-bond donors (Lipinski definition) is 3. The largest absolute Gasteiger partial charge is 0.394 e. The van der Waals surface area contributed by atoms with Crippen molar-refractivity contribution in [2.45, 2.75) is 43.8 Å². The van der Waals surface area contributed by atoms with Crippen LogP contribution in [0.3, 0.4) is 0 Å². The second-order valence-corrected chi connectivity index (χ2v) is 3.48. The molecule has 15 heavy (non-hydrogen) atoms. The zero-order valence-electron chi connectivity index (χ0n) is 8.39. The maximum Gasteiger partial charge on any atom is 0.107 e. The summed E-state index contributed by atoms with van der Waals surface area (Å²) in [4.78, 5) is 2.57. The second kappa shape index (κ2) is 5.29. The van der Waals surface area contributed by atoms with Crippen LogP contribution in [0.2, 0.25) is 0 Å². The van der Waals surface area contributed by atoms with Gasteiger partial charge in [-0.25, -0.2) is 0 Å². The zero-order chi connectivity index (χ0) is 11.4. The van der Waals surface area contributed by atoms with Crippen LogP contribution in [-0.2, 0) is 4.74 Å². The van der Waals surface area contributed by atoms with E-state index in [0.717, 1.165) is 0 Å². The molecule has 5 unspecified atom stereocenters. The summed E-state index contributed by atoms with van der Waals surface area (Å²) in [5, 5.41) is 31.6. The van der Waals surface area contributed by atoms with Crippen molar-refractivity contribution in [1.82, 2.24) is 0 Å². The minimum absolute atomic E-state index is 0.373. The number of rotatable bonds is 3. The first-order chi connectivity index (χ1) is 7.15. The van der Waals surface area contributed by atoms with Gasteiger partial charge in [-0.1, -0.05) is 12.0 Å². The summed E-state index contributed by atoms with van der Waals surface area (Å²) in [6.07, 6.45) is -3.04. The maximum atomic E-state index is 9.71. The van der Waals surface area contributed by atoms with E-state index in [0.29, 0.717) is 6.42 Å². The van der Waals surface area contributed by atoms with Crippen molar-refractivity contribution in [1.29, 1.82) is 0 Å². The van der Waals surface area contributed by atoms with E-state index in [9.17, 15) is 10.2 Å². The lowest BCUT2D eigenvalue weighted by Crippen LogP contribution is -2.57. The summed E-state index contributed by atoms with van der Waals surface area (Å²) >= 11 is 0. The Morgan fingerprint density at radius 1 is 1.33 bits per heavy atom. The van der Waals surface area contributed by atoms with Crippen LogP contribution < -0.4 is 0 Å². The smallest absolute Gasteiger partial charge is 0.107 e. The lowest BCUT2D eigenvalue weighted by molar-refractivity contribution is -0.188. The number of hydrogen-bond acceptors (Lipinski definition) is 5. The molecule has 1 fully saturated rings. The molecular formula is C8H15N3O4. The van der Waals surface area contributed by atoms with Crippen molar-refractivity contribution in [3.05, 3.63) is 10.4 Å². The summed E-state index contributed by atoms with van der Waals surface area (Å²) < 4.78 is 5.25. The van der Waals surface area contributed by atoms with Crippen LogP contribution >= 0.6 is 0 Å². The number of nitrogens with zero attached hydrogens (tertiary/aromatic N) is 3. The molecule has 1 rings (SSSR count). The van der Waals surface area contributed by atoms with E-state index in [1.165, 1.54) is 0 Å². The fourth-order valence-electron chi connectivity index (χ4n) is 1.71. The molecule has 0 bridgehead atoms. The molecule has 0 saturated carbocycles. The number of aliphatic hydroxyl groups is 3. The number of aliphatic hydroxyl groups excluding tert-OH is 3. The maximum absolute atomic E-state index is 9.71. The van der Waals surface area contributed by atoms with Crippen LogP contribution in [0.25, 0.3) is 10.4 Å². The number of azide groups is 1. The van der Waals surface area contributed by atoms with Gasteiger partial charge in [-0.2, -0.15) is 0 Å². The summed E-state index contributed by atoms with van der Waals surface area (Å²) in [6.45, 7) is 1.43. The molecule has 86 valence electrons. The SMILES string of the molecule is CCC1OC(CO)C(O)C(N=[N+]=[N-])C1O. The highest BCUT2D eigenvalue weighted by Crippen LogP contribution is 2.25. The molecule has 7 heteroatoms. The standard InChI is InChI=1S/C8H15N3O4/c1-2-4-7(13)6(10-11-9)8(14)5(3-12)15-4/h4-8,12-14H,2-3H2,1H3. The molecule has 1 heterocycles. The van der Waals surface area contributed by atoms with E-state index in [-0.39, 0.29) is 6.61 Å². The van der Waals surface area contributed by atoms with Crippen molar-refractivity contribution in [2.75, 3.05) is 6.61 Å². The van der Waals surface area contributed by atoms with Crippen LogP contribution in [0.4, 0.5) is 0 Å². The third-order valence-electron chi connectivity index (χ3n) is 2.58. The van der Waals surface area contributed by atoms with Crippen molar-refractivity contribution >= 4 is 0 Å². The van der Waals surface area contributed by atoms with E-state index in [2.05, 4.69) is 10.0 Å². The Labute approximate surface area is 86.9 Å². The second-order valence-electron chi connectivity index (χ2n) is 3.48. The fourth-order valence-corrected chi connectivity index (χ4v) is 1.71. The first-order valence-electron chi connectivity index (χ1n) is 4.82. The molecule has 1 saturated heterocycles. The molecule has 0 aromatic rings. The van der Waals surface area contributed by atoms with E-state index in [4.69, 9.17) is 15.4 Å². The fraction of sp³-hybridized carbons (Fsp3) is 1.00. The van der Waals surface area contributed by atoms with Gasteiger partial charge >= 0.3 is 0 Å². The highest BCUT2D eigenvalue weighted by molar-refractivity contribution is 4.96. The molecule has 0 radical (unpaired) electrons. The lowest BCUT2D eigenvalue weighted by atomic mass is 9.92. The van der Waals surface area contributed by atoms with E-state index in [1.54, 1.807) is 6.92 Å². The highest BCUT2D eigenvalue weighted by atomic mass is 16.5. The van der Waals surface area contributed by atoms with Gasteiger partial charge in [-0.15, -0.1) is 0 Å². The van der Waals surface area contributed by atoms with Gasteiger partial charge in [-0.05, 0) is 12.0 Å². The first kappa shape index (κ1) is 12.2. The Balaban J connectivity index is 2.85. The molecule has 0 aliphatic carbocycles. The minimum Gasteiger partial charge on any atom is -0.394 e. The summed E-state index contributed by atoms with van der Waals surface area (Å²) in [5.41, 5.74) is 8.30. The monoisotopic (exact) mass is 217 g/mol. The Morgan fingerprint density at radius 2 is 1.93 bits per heavy atom. The van der Waals surface area contributed by atoms with Gasteiger partial charge in [0.15, 0.2) is 0 Å². The first-order valence-corrected chi connectivity index (χ1v) is 4.82. The molecule has 0 amide bonds. The van der Waals surface area contributed by atoms with Crippen molar-refractivity contribution in [2.24, 2.45) is 5.11 Å². The molecule has 0 spiro atoms. The molecule has 0 aromatic carbocycles. The van der Waals surface area contributed by atoms with E-state index >= 15 is 0 Å². The molecule has 1 aliphatic rings. The molecule has 1 aliphatic heterocycles. The normalized spacial score (nSPS) is 40.9. The van der Waals surface area contributed by atoms with Crippen molar-refractivity contribution in [3.63, 3.8) is 0 Å². The van der Waals surface area contributed by atoms with Gasteiger partial charge in [0.1, 0.15) is 6.10 Å². The van der Waals surface area contributed by atoms with Crippen LogP contribution in [0.1, 0.15) is 13.3 Å². The van der Waals surface area contributed by atoms with Crippen LogP contribution in [-0.4, -0.2) is 52.4 Å². The number of ether oxygens (including phenoxy) is 1. The van der Waals surface area contributed by atoms with Crippen molar-refractivity contribution in [3.8, 4) is 0 Å². The highest BCUT2D eigenvalue weighted by Gasteiger charge is 2.42. The third-order valence-corrected chi connectivity index (χ3v) is 2.58. The quantitative estimate of drug-likeness (QED) is 0.337. The molecule has 0 aromatic heterocycles. The minimum atomic E-state index is -1.18. The average molecular weight is 217 g/mol. The zero-order valence-corrected chi connectivity index (χ0v) is 8.39. The predicted octanol–water partition coefficient (Wildman–Crippen LogP) is -0.443. The van der Waals surface area contributed by atoms with Crippen LogP contribution in [0, 0.1) is 0 Å². The Hall–Kier alpha value is -0.850. The Bertz CT molecular complexity index is 240.